The molecule has 0 spiro atoms. The summed E-state index contributed by atoms with van der Waals surface area (Å²) >= 11 is 0. The zero-order valence-electron chi connectivity index (χ0n) is 17.7. The number of nitrogens with zero attached hydrogens (tertiary/aromatic N) is 4. The lowest BCUT2D eigenvalue weighted by atomic mass is 10.1. The van der Waals surface area contributed by atoms with Gasteiger partial charge >= 0.3 is 0 Å². The number of hydrogen-bond donors (Lipinski definition) is 1. The van der Waals surface area contributed by atoms with Crippen LogP contribution < -0.4 is 0 Å². The monoisotopic (exact) mass is 413 g/mol. The first-order valence-electron chi connectivity index (χ1n) is 11.0. The van der Waals surface area contributed by atoms with E-state index in [1.165, 1.54) is 5.56 Å². The molecule has 31 heavy (non-hydrogen) atoms. The summed E-state index contributed by atoms with van der Waals surface area (Å²) in [6.07, 6.45) is 8.18. The summed E-state index contributed by atoms with van der Waals surface area (Å²) < 4.78 is 2.27. The summed E-state index contributed by atoms with van der Waals surface area (Å²) in [5, 5.41) is 6.85. The summed E-state index contributed by atoms with van der Waals surface area (Å²) in [7, 11) is 0. The molecular weight excluding hydrogens is 386 g/mol. The third kappa shape index (κ3) is 4.10. The van der Waals surface area contributed by atoms with Gasteiger partial charge in [0.25, 0.3) is 0 Å². The summed E-state index contributed by atoms with van der Waals surface area (Å²) in [5.41, 5.74) is 5.25. The maximum atomic E-state index is 12.8. The van der Waals surface area contributed by atoms with Crippen LogP contribution in [0.3, 0.4) is 0 Å². The molecule has 1 N–H and O–H groups in total. The Kier molecular flexibility index (Phi) is 5.28. The Labute approximate surface area is 181 Å². The summed E-state index contributed by atoms with van der Waals surface area (Å²) in [5.74, 6) is 0.725. The van der Waals surface area contributed by atoms with Gasteiger partial charge in [-0.25, -0.2) is 4.98 Å². The number of aryl methyl sites for hydroxylation is 1. The van der Waals surface area contributed by atoms with Crippen LogP contribution in [0.25, 0.3) is 22.3 Å². The zero-order valence-corrected chi connectivity index (χ0v) is 17.7. The van der Waals surface area contributed by atoms with E-state index in [2.05, 4.69) is 57.1 Å². The molecule has 1 aliphatic heterocycles. The van der Waals surface area contributed by atoms with E-state index in [-0.39, 0.29) is 5.91 Å². The van der Waals surface area contributed by atoms with Gasteiger partial charge in [0.05, 0.1) is 22.9 Å². The Balaban J connectivity index is 1.23. The minimum Gasteiger partial charge on any atom is -0.346 e. The maximum absolute atomic E-state index is 12.8. The number of likely N-dealkylation sites (tertiary alicyclic amines) is 1. The van der Waals surface area contributed by atoms with Crippen molar-refractivity contribution in [2.24, 2.45) is 5.92 Å². The number of aromatic amines is 1. The van der Waals surface area contributed by atoms with Gasteiger partial charge in [-0.15, -0.1) is 0 Å². The van der Waals surface area contributed by atoms with E-state index in [0.717, 1.165) is 48.2 Å². The summed E-state index contributed by atoms with van der Waals surface area (Å²) in [4.78, 5) is 19.7. The minimum absolute atomic E-state index is 0.266. The predicted molar refractivity (Wildman–Crippen MR) is 121 cm³/mol. The molecule has 1 aromatic carbocycles. The molecule has 158 valence electrons. The van der Waals surface area contributed by atoms with Crippen molar-refractivity contribution in [3.63, 3.8) is 0 Å². The highest BCUT2D eigenvalue weighted by Gasteiger charge is 2.32. The number of benzene rings is 1. The number of nitrogens with one attached hydrogen (secondary N) is 1. The van der Waals surface area contributed by atoms with E-state index in [1.54, 1.807) is 6.20 Å². The second-order valence-electron chi connectivity index (χ2n) is 8.54. The van der Waals surface area contributed by atoms with Crippen LogP contribution in [0.1, 0.15) is 25.3 Å². The van der Waals surface area contributed by atoms with Crippen LogP contribution in [0.2, 0.25) is 0 Å². The lowest BCUT2D eigenvalue weighted by Gasteiger charge is -2.21. The van der Waals surface area contributed by atoms with Crippen molar-refractivity contribution in [2.45, 2.75) is 38.8 Å². The molecule has 4 aromatic rings. The minimum atomic E-state index is 0.266. The largest absolute Gasteiger partial charge is 0.346 e. The molecule has 2 atom stereocenters. The van der Waals surface area contributed by atoms with Gasteiger partial charge < -0.3 is 9.47 Å². The highest BCUT2D eigenvalue weighted by atomic mass is 16.2. The first-order chi connectivity index (χ1) is 15.2. The fourth-order valence-electron chi connectivity index (χ4n) is 4.72. The van der Waals surface area contributed by atoms with Crippen molar-refractivity contribution in [1.82, 2.24) is 24.6 Å². The molecule has 1 fully saturated rings. The van der Waals surface area contributed by atoms with Crippen molar-refractivity contribution in [3.8, 4) is 11.3 Å². The van der Waals surface area contributed by atoms with E-state index >= 15 is 0 Å². The lowest BCUT2D eigenvalue weighted by Crippen LogP contribution is -2.34. The number of aromatic nitrogens is 4. The fraction of sp³-hybridized carbons (Fsp3) is 0.320. The number of amides is 1. The van der Waals surface area contributed by atoms with E-state index in [0.29, 0.717) is 18.4 Å². The van der Waals surface area contributed by atoms with Crippen LogP contribution in [-0.4, -0.2) is 43.1 Å². The summed E-state index contributed by atoms with van der Waals surface area (Å²) in [6, 6.07) is 16.8. The Morgan fingerprint density at radius 3 is 2.84 bits per heavy atom. The van der Waals surface area contributed by atoms with Gasteiger partial charge in [0, 0.05) is 43.5 Å². The van der Waals surface area contributed by atoms with E-state index in [4.69, 9.17) is 4.98 Å². The molecule has 0 saturated carbocycles. The first-order valence-corrected chi connectivity index (χ1v) is 11.0. The Morgan fingerprint density at radius 2 is 2.03 bits per heavy atom. The number of hydrogen-bond acceptors (Lipinski definition) is 3. The molecule has 6 nitrogen and oxygen atoms in total. The predicted octanol–water partition coefficient (Wildman–Crippen LogP) is 4.30. The number of rotatable bonds is 6. The molecule has 6 heteroatoms. The summed E-state index contributed by atoms with van der Waals surface area (Å²) in [6.45, 7) is 3.91. The molecule has 1 amide bonds. The molecule has 0 aliphatic carbocycles. The standard InChI is InChI=1S/C25H27N5O/c1-18-13-20(17-30(18)25(31)10-7-19-5-3-2-4-6-19)16-29-12-11-23-24(29)9-8-22(28-23)21-14-26-27-15-21/h2-6,8-9,11-12,14-15,18,20H,7,10,13,16-17H2,1H3,(H,26,27)/t18-,20-/m1/s1. The van der Waals surface area contributed by atoms with Gasteiger partial charge in [0.15, 0.2) is 0 Å². The Morgan fingerprint density at radius 1 is 1.16 bits per heavy atom. The number of carbonyl (C=O) groups is 1. The van der Waals surface area contributed by atoms with Crippen LogP contribution in [0.4, 0.5) is 0 Å². The van der Waals surface area contributed by atoms with Gasteiger partial charge in [0.2, 0.25) is 5.91 Å². The Hall–Kier alpha value is -3.41. The molecule has 0 radical (unpaired) electrons. The van der Waals surface area contributed by atoms with Crippen molar-refractivity contribution in [3.05, 3.63) is 72.7 Å². The van der Waals surface area contributed by atoms with E-state index in [1.807, 2.05) is 30.5 Å². The number of carbonyl (C=O) groups excluding carboxylic acids is 1. The molecule has 1 aliphatic rings. The fourth-order valence-corrected chi connectivity index (χ4v) is 4.72. The van der Waals surface area contributed by atoms with Crippen molar-refractivity contribution >= 4 is 16.9 Å². The third-order valence-corrected chi connectivity index (χ3v) is 6.33. The molecule has 4 heterocycles. The van der Waals surface area contributed by atoms with Crippen LogP contribution in [0.15, 0.2) is 67.1 Å². The lowest BCUT2D eigenvalue weighted by molar-refractivity contribution is -0.131. The highest BCUT2D eigenvalue weighted by Crippen LogP contribution is 2.28. The average molecular weight is 414 g/mol. The Bertz CT molecular complexity index is 1170. The van der Waals surface area contributed by atoms with Crippen molar-refractivity contribution in [1.29, 1.82) is 0 Å². The topological polar surface area (TPSA) is 66.8 Å². The van der Waals surface area contributed by atoms with Crippen LogP contribution in [0.5, 0.6) is 0 Å². The van der Waals surface area contributed by atoms with Crippen molar-refractivity contribution < 1.29 is 4.79 Å². The zero-order chi connectivity index (χ0) is 21.2. The smallest absolute Gasteiger partial charge is 0.223 e. The van der Waals surface area contributed by atoms with Gasteiger partial charge in [-0.3, -0.25) is 9.89 Å². The average Bonchev–Trinajstić information content (AvgIpc) is 3.53. The molecule has 0 bridgehead atoms. The second kappa shape index (κ2) is 8.38. The molecule has 5 rings (SSSR count). The van der Waals surface area contributed by atoms with Crippen LogP contribution in [-0.2, 0) is 17.8 Å². The molecule has 3 aromatic heterocycles. The third-order valence-electron chi connectivity index (χ3n) is 6.33. The molecule has 1 saturated heterocycles. The van der Waals surface area contributed by atoms with Gasteiger partial charge in [-0.05, 0) is 49.4 Å². The highest BCUT2D eigenvalue weighted by molar-refractivity contribution is 5.79. The molecule has 0 unspecified atom stereocenters. The van der Waals surface area contributed by atoms with E-state index < -0.39 is 0 Å². The maximum Gasteiger partial charge on any atom is 0.223 e. The van der Waals surface area contributed by atoms with Gasteiger partial charge in [0.1, 0.15) is 0 Å². The second-order valence-corrected chi connectivity index (χ2v) is 8.54. The van der Waals surface area contributed by atoms with E-state index in [9.17, 15) is 4.79 Å². The number of fused-ring (bicyclic) bond motifs is 1. The van der Waals surface area contributed by atoms with Gasteiger partial charge in [-0.1, -0.05) is 30.3 Å². The van der Waals surface area contributed by atoms with Gasteiger partial charge in [-0.2, -0.15) is 5.10 Å². The molecular formula is C25H27N5O. The quantitative estimate of drug-likeness (QED) is 0.513. The van der Waals surface area contributed by atoms with Crippen molar-refractivity contribution in [2.75, 3.05) is 6.54 Å². The number of H-pyrrole nitrogens is 1. The number of pyridine rings is 1. The normalized spacial score (nSPS) is 18.7. The first kappa shape index (κ1) is 19.5. The van der Waals surface area contributed by atoms with Crippen LogP contribution >= 0.6 is 0 Å². The SMILES string of the molecule is C[C@@H]1C[C@H](Cn2ccc3nc(-c4cn[nH]c4)ccc32)CN1C(=O)CCc1ccccc1. The van der Waals surface area contributed by atoms with Crippen LogP contribution in [0, 0.1) is 5.92 Å².